The fourth-order valence-corrected chi connectivity index (χ4v) is 5.16. The van der Waals surface area contributed by atoms with E-state index in [-0.39, 0.29) is 24.1 Å². The lowest BCUT2D eigenvalue weighted by atomic mass is 9.73. The quantitative estimate of drug-likeness (QED) is 0.627. The fourth-order valence-electron chi connectivity index (χ4n) is 5.16. The van der Waals surface area contributed by atoms with Crippen molar-refractivity contribution in [3.63, 3.8) is 0 Å². The highest BCUT2D eigenvalue weighted by Crippen LogP contribution is 2.48. The van der Waals surface area contributed by atoms with Crippen molar-refractivity contribution in [2.24, 2.45) is 0 Å². The number of carbonyl (C=O) groups excluding carboxylic acids is 3. The van der Waals surface area contributed by atoms with Crippen molar-refractivity contribution in [3.8, 4) is 5.75 Å². The number of benzene rings is 2. The molecule has 0 aromatic heterocycles. The summed E-state index contributed by atoms with van der Waals surface area (Å²) in [5, 5.41) is 2.90. The monoisotopic (exact) mass is 471 g/mol. The molecule has 6 heteroatoms. The van der Waals surface area contributed by atoms with Crippen LogP contribution in [0.15, 0.2) is 65.1 Å². The van der Waals surface area contributed by atoms with Gasteiger partial charge in [0.1, 0.15) is 17.3 Å². The second-order valence-electron chi connectivity index (χ2n) is 9.42. The number of nitrogens with one attached hydrogen (secondary N) is 1. The van der Waals surface area contributed by atoms with Crippen LogP contribution in [0.25, 0.3) is 0 Å². The first kappa shape index (κ1) is 23.1. The highest BCUT2D eigenvalue weighted by Gasteiger charge is 2.41. The number of amides is 1. The number of Topliss-reactive ketones (excluding diaryl/α,β-unsaturated/α-hetero) is 2. The molecule has 2 aromatic carbocycles. The number of rotatable bonds is 5. The zero-order chi connectivity index (χ0) is 24.5. The number of anilines is 1. The molecule has 2 aliphatic carbocycles. The van der Waals surface area contributed by atoms with E-state index in [1.165, 1.54) is 0 Å². The molecule has 0 saturated carbocycles. The van der Waals surface area contributed by atoms with Crippen LogP contribution in [0.1, 0.15) is 61.1 Å². The number of ether oxygens (including phenoxy) is 2. The molecule has 0 atom stereocenters. The van der Waals surface area contributed by atoms with Crippen molar-refractivity contribution in [1.82, 2.24) is 0 Å². The molecule has 6 nitrogen and oxygen atoms in total. The number of aryl methyl sites for hydroxylation is 1. The molecule has 0 radical (unpaired) electrons. The molecule has 2 aromatic rings. The number of hydrogen-bond acceptors (Lipinski definition) is 5. The molecular formula is C29H29NO5. The van der Waals surface area contributed by atoms with E-state index in [9.17, 15) is 14.4 Å². The minimum absolute atomic E-state index is 0.0420. The maximum absolute atomic E-state index is 13.0. The van der Waals surface area contributed by atoms with Crippen LogP contribution in [0.3, 0.4) is 0 Å². The Morgan fingerprint density at radius 2 is 1.60 bits per heavy atom. The van der Waals surface area contributed by atoms with Gasteiger partial charge in [0.2, 0.25) is 0 Å². The van der Waals surface area contributed by atoms with E-state index in [1.807, 2.05) is 50.2 Å². The van der Waals surface area contributed by atoms with Crippen molar-refractivity contribution >= 4 is 23.2 Å². The Hall–Kier alpha value is -3.67. The highest BCUT2D eigenvalue weighted by molar-refractivity contribution is 6.05. The van der Waals surface area contributed by atoms with E-state index < -0.39 is 5.92 Å². The Morgan fingerprint density at radius 1 is 0.943 bits per heavy atom. The molecule has 1 N–H and O–H groups in total. The van der Waals surface area contributed by atoms with E-state index in [0.29, 0.717) is 54.1 Å². The molecule has 1 heterocycles. The van der Waals surface area contributed by atoms with E-state index in [0.717, 1.165) is 35.2 Å². The third-order valence-electron chi connectivity index (χ3n) is 7.08. The van der Waals surface area contributed by atoms with Gasteiger partial charge in [0.25, 0.3) is 5.91 Å². The summed E-state index contributed by atoms with van der Waals surface area (Å²) in [5.74, 6) is 1.32. The Balaban J connectivity index is 1.39. The molecule has 0 saturated heterocycles. The van der Waals surface area contributed by atoms with Gasteiger partial charge in [0.15, 0.2) is 18.2 Å². The normalized spacial score (nSPS) is 18.1. The van der Waals surface area contributed by atoms with Crippen LogP contribution in [-0.4, -0.2) is 24.1 Å². The summed E-state index contributed by atoms with van der Waals surface area (Å²) in [6.07, 6.45) is 3.86. The second-order valence-corrected chi connectivity index (χ2v) is 9.42. The molecule has 1 aliphatic heterocycles. The number of hydrogen-bond donors (Lipinski definition) is 1. The van der Waals surface area contributed by atoms with Crippen LogP contribution in [0.4, 0.5) is 5.69 Å². The van der Waals surface area contributed by atoms with Crippen LogP contribution in [0, 0.1) is 13.8 Å². The van der Waals surface area contributed by atoms with Gasteiger partial charge in [-0.2, -0.15) is 0 Å². The molecule has 0 spiro atoms. The largest absolute Gasteiger partial charge is 0.484 e. The number of ketones is 2. The SMILES string of the molecule is Cc1cccc(NC(=O)COc2cccc(C3C4=C(CCCC4=O)OC4=C3C(=O)CCC4)c2)c1C. The molecule has 35 heavy (non-hydrogen) atoms. The molecule has 1 amide bonds. The van der Waals surface area contributed by atoms with Gasteiger partial charge in [-0.3, -0.25) is 14.4 Å². The minimum Gasteiger partial charge on any atom is -0.484 e. The standard InChI is InChI=1S/C29H29NO5/c1-17-7-3-10-21(18(17)2)30-26(33)16-34-20-9-4-8-19(15-20)27-28-22(31)11-5-13-24(28)35-25-14-6-12-23(32)29(25)27/h3-4,7-10,15,27H,5-6,11-14,16H2,1-2H3,(H,30,33). The summed E-state index contributed by atoms with van der Waals surface area (Å²) < 4.78 is 11.9. The number of allylic oxidation sites excluding steroid dienone is 4. The lowest BCUT2D eigenvalue weighted by Crippen LogP contribution is -2.30. The third-order valence-corrected chi connectivity index (χ3v) is 7.08. The first-order valence-electron chi connectivity index (χ1n) is 12.2. The maximum atomic E-state index is 13.0. The second kappa shape index (κ2) is 9.53. The van der Waals surface area contributed by atoms with Gasteiger partial charge in [-0.25, -0.2) is 0 Å². The Bertz CT molecular complexity index is 1240. The first-order chi connectivity index (χ1) is 16.9. The smallest absolute Gasteiger partial charge is 0.262 e. The predicted octanol–water partition coefficient (Wildman–Crippen LogP) is 5.45. The minimum atomic E-state index is -0.443. The summed E-state index contributed by atoms with van der Waals surface area (Å²) in [6.45, 7) is 3.82. The molecular weight excluding hydrogens is 442 g/mol. The van der Waals surface area contributed by atoms with Crippen LogP contribution in [-0.2, 0) is 19.1 Å². The molecule has 0 unspecified atom stereocenters. The van der Waals surface area contributed by atoms with E-state index in [1.54, 1.807) is 6.07 Å². The highest BCUT2D eigenvalue weighted by atomic mass is 16.5. The van der Waals surface area contributed by atoms with Gasteiger partial charge in [0.05, 0.1) is 0 Å². The summed E-state index contributed by atoms with van der Waals surface area (Å²) in [7, 11) is 0. The maximum Gasteiger partial charge on any atom is 0.262 e. The van der Waals surface area contributed by atoms with Crippen molar-refractivity contribution in [3.05, 3.63) is 81.8 Å². The molecule has 0 bridgehead atoms. The molecule has 3 aliphatic rings. The molecule has 0 fully saturated rings. The van der Waals surface area contributed by atoms with Gasteiger partial charge in [0, 0.05) is 48.4 Å². The van der Waals surface area contributed by atoms with E-state index in [2.05, 4.69) is 5.32 Å². The van der Waals surface area contributed by atoms with E-state index >= 15 is 0 Å². The lowest BCUT2D eigenvalue weighted by molar-refractivity contribution is -0.119. The van der Waals surface area contributed by atoms with Crippen molar-refractivity contribution in [1.29, 1.82) is 0 Å². The summed E-state index contributed by atoms with van der Waals surface area (Å²) >= 11 is 0. The van der Waals surface area contributed by atoms with Gasteiger partial charge < -0.3 is 14.8 Å². The van der Waals surface area contributed by atoms with Gasteiger partial charge in [-0.15, -0.1) is 0 Å². The van der Waals surface area contributed by atoms with Crippen LogP contribution >= 0.6 is 0 Å². The average molecular weight is 472 g/mol. The fraction of sp³-hybridized carbons (Fsp3) is 0.345. The Kier molecular flexibility index (Phi) is 6.29. The molecule has 5 rings (SSSR count). The van der Waals surface area contributed by atoms with E-state index in [4.69, 9.17) is 9.47 Å². The van der Waals surface area contributed by atoms with Crippen LogP contribution in [0.5, 0.6) is 5.75 Å². The summed E-state index contributed by atoms with van der Waals surface area (Å²) in [6, 6.07) is 13.1. The average Bonchev–Trinajstić information content (AvgIpc) is 2.85. The topological polar surface area (TPSA) is 81.7 Å². The zero-order valence-electron chi connectivity index (χ0n) is 20.1. The van der Waals surface area contributed by atoms with Crippen molar-refractivity contribution in [2.45, 2.75) is 58.3 Å². The van der Waals surface area contributed by atoms with Crippen molar-refractivity contribution in [2.75, 3.05) is 11.9 Å². The number of carbonyl (C=O) groups is 3. The summed E-state index contributed by atoms with van der Waals surface area (Å²) in [5.41, 5.74) is 4.91. The Labute approximate surface area is 205 Å². The predicted molar refractivity (Wildman–Crippen MR) is 132 cm³/mol. The molecule has 180 valence electrons. The third kappa shape index (κ3) is 4.53. The van der Waals surface area contributed by atoms with Gasteiger partial charge in [-0.1, -0.05) is 24.3 Å². The van der Waals surface area contributed by atoms with Crippen molar-refractivity contribution < 1.29 is 23.9 Å². The Morgan fingerprint density at radius 3 is 2.29 bits per heavy atom. The van der Waals surface area contributed by atoms with Crippen LogP contribution in [0.2, 0.25) is 0 Å². The van der Waals surface area contributed by atoms with Gasteiger partial charge in [-0.05, 0) is 61.6 Å². The lowest BCUT2D eigenvalue weighted by Gasteiger charge is -2.36. The first-order valence-corrected chi connectivity index (χ1v) is 12.2. The summed E-state index contributed by atoms with van der Waals surface area (Å²) in [4.78, 5) is 38.5. The van der Waals surface area contributed by atoms with Crippen LogP contribution < -0.4 is 10.1 Å². The zero-order valence-corrected chi connectivity index (χ0v) is 20.1. The van der Waals surface area contributed by atoms with Gasteiger partial charge >= 0.3 is 0 Å².